The van der Waals surface area contributed by atoms with E-state index in [1.165, 1.54) is 5.56 Å². The minimum atomic E-state index is 0.645. The Balaban J connectivity index is 1.32. The summed E-state index contributed by atoms with van der Waals surface area (Å²) in [7, 11) is 0. The van der Waals surface area contributed by atoms with Gasteiger partial charge in [-0.3, -0.25) is 0 Å². The Kier molecular flexibility index (Phi) is 4.91. The summed E-state index contributed by atoms with van der Waals surface area (Å²) in [4.78, 5) is 4.64. The molecule has 0 saturated carbocycles. The predicted molar refractivity (Wildman–Crippen MR) is 101 cm³/mol. The van der Waals surface area contributed by atoms with Crippen LogP contribution in [0.1, 0.15) is 29.9 Å². The van der Waals surface area contributed by atoms with Crippen LogP contribution in [0.4, 0.5) is 0 Å². The Morgan fingerprint density at radius 2 is 2.00 bits per heavy atom. The molecule has 0 spiro atoms. The number of fused-ring (bicyclic) bond motifs is 1. The molecular formula is C22H23NO3. The lowest BCUT2D eigenvalue weighted by atomic mass is 10.1. The molecule has 0 N–H and O–H groups in total. The van der Waals surface area contributed by atoms with Crippen LogP contribution in [0.15, 0.2) is 52.9 Å². The van der Waals surface area contributed by atoms with E-state index in [1.807, 2.05) is 49.4 Å². The smallest absolute Gasteiger partial charge is 0.226 e. The highest BCUT2D eigenvalue weighted by molar-refractivity contribution is 5.53. The standard InChI is InChI=1S/C22H23NO3/c1-16-20(23-22(26-16)18-7-3-2-4-8-18)10-6-13-24-19-12-11-17-9-5-14-25-21(17)15-19/h2-4,7-8,11-12,15H,5-6,9-10,13-14H2,1H3. The van der Waals surface area contributed by atoms with Gasteiger partial charge in [-0.2, -0.15) is 0 Å². The number of aryl methyl sites for hydroxylation is 3. The summed E-state index contributed by atoms with van der Waals surface area (Å²) in [6, 6.07) is 16.1. The van der Waals surface area contributed by atoms with Crippen LogP contribution in [-0.2, 0) is 12.8 Å². The Hall–Kier alpha value is -2.75. The van der Waals surface area contributed by atoms with Gasteiger partial charge in [0.1, 0.15) is 17.3 Å². The fourth-order valence-electron chi connectivity index (χ4n) is 3.20. The number of benzene rings is 2. The third-order valence-corrected chi connectivity index (χ3v) is 4.63. The van der Waals surface area contributed by atoms with Gasteiger partial charge in [0.25, 0.3) is 0 Å². The number of aromatic nitrogens is 1. The third kappa shape index (κ3) is 3.74. The van der Waals surface area contributed by atoms with Crippen LogP contribution in [0.3, 0.4) is 0 Å². The van der Waals surface area contributed by atoms with Crippen LogP contribution in [-0.4, -0.2) is 18.2 Å². The van der Waals surface area contributed by atoms with Crippen LogP contribution < -0.4 is 9.47 Å². The Bertz CT molecular complexity index is 870. The van der Waals surface area contributed by atoms with E-state index in [1.54, 1.807) is 0 Å². The molecule has 0 atom stereocenters. The van der Waals surface area contributed by atoms with E-state index in [2.05, 4.69) is 11.1 Å². The molecule has 0 unspecified atom stereocenters. The number of rotatable bonds is 6. The van der Waals surface area contributed by atoms with Gasteiger partial charge in [-0.1, -0.05) is 24.3 Å². The van der Waals surface area contributed by atoms with Crippen molar-refractivity contribution < 1.29 is 13.9 Å². The first kappa shape index (κ1) is 16.7. The highest BCUT2D eigenvalue weighted by Crippen LogP contribution is 2.29. The molecule has 3 aromatic rings. The van der Waals surface area contributed by atoms with E-state index in [-0.39, 0.29) is 0 Å². The molecule has 4 heteroatoms. The van der Waals surface area contributed by atoms with E-state index in [0.29, 0.717) is 12.5 Å². The van der Waals surface area contributed by atoms with Crippen molar-refractivity contribution >= 4 is 0 Å². The summed E-state index contributed by atoms with van der Waals surface area (Å²) in [6.07, 6.45) is 3.91. The molecule has 1 aliphatic heterocycles. The Morgan fingerprint density at radius 3 is 2.88 bits per heavy atom. The van der Waals surface area contributed by atoms with Gasteiger partial charge >= 0.3 is 0 Å². The summed E-state index contributed by atoms with van der Waals surface area (Å²) < 4.78 is 17.4. The molecule has 4 nitrogen and oxygen atoms in total. The molecule has 0 amide bonds. The molecular weight excluding hydrogens is 326 g/mol. The molecule has 2 aromatic carbocycles. The summed E-state index contributed by atoms with van der Waals surface area (Å²) in [5.74, 6) is 3.40. The van der Waals surface area contributed by atoms with Gasteiger partial charge in [0.2, 0.25) is 5.89 Å². The quantitative estimate of drug-likeness (QED) is 0.588. The molecule has 0 saturated heterocycles. The van der Waals surface area contributed by atoms with Crippen molar-refractivity contribution in [1.82, 2.24) is 4.98 Å². The summed E-state index contributed by atoms with van der Waals surface area (Å²) in [6.45, 7) is 3.41. The fraction of sp³-hybridized carbons (Fsp3) is 0.318. The minimum Gasteiger partial charge on any atom is -0.493 e. The molecule has 26 heavy (non-hydrogen) atoms. The van der Waals surface area contributed by atoms with E-state index in [0.717, 1.165) is 60.8 Å². The average molecular weight is 349 g/mol. The maximum Gasteiger partial charge on any atom is 0.226 e. The molecule has 0 aliphatic carbocycles. The molecule has 0 radical (unpaired) electrons. The lowest BCUT2D eigenvalue weighted by Gasteiger charge is -2.18. The maximum absolute atomic E-state index is 5.89. The van der Waals surface area contributed by atoms with Gasteiger partial charge in [0, 0.05) is 11.6 Å². The SMILES string of the molecule is Cc1oc(-c2ccccc2)nc1CCCOc1ccc2c(c1)OCCC2. The van der Waals surface area contributed by atoms with E-state index in [4.69, 9.17) is 13.9 Å². The number of hydrogen-bond donors (Lipinski definition) is 0. The van der Waals surface area contributed by atoms with Crippen molar-refractivity contribution in [2.75, 3.05) is 13.2 Å². The first-order valence-corrected chi connectivity index (χ1v) is 9.20. The maximum atomic E-state index is 5.89. The Morgan fingerprint density at radius 1 is 1.12 bits per heavy atom. The summed E-state index contributed by atoms with van der Waals surface area (Å²) in [5.41, 5.74) is 3.28. The molecule has 1 aromatic heterocycles. The fourth-order valence-corrected chi connectivity index (χ4v) is 3.20. The highest BCUT2D eigenvalue weighted by atomic mass is 16.5. The first-order chi connectivity index (χ1) is 12.8. The molecule has 0 bridgehead atoms. The largest absolute Gasteiger partial charge is 0.493 e. The Labute approximate surface area is 153 Å². The van der Waals surface area contributed by atoms with Crippen LogP contribution in [0.25, 0.3) is 11.5 Å². The van der Waals surface area contributed by atoms with Crippen LogP contribution in [0.2, 0.25) is 0 Å². The number of hydrogen-bond acceptors (Lipinski definition) is 4. The van der Waals surface area contributed by atoms with E-state index >= 15 is 0 Å². The molecule has 4 rings (SSSR count). The summed E-state index contributed by atoms with van der Waals surface area (Å²) >= 11 is 0. The van der Waals surface area contributed by atoms with Crippen molar-refractivity contribution in [3.8, 4) is 23.0 Å². The normalized spacial score (nSPS) is 13.1. The lowest BCUT2D eigenvalue weighted by Crippen LogP contribution is -2.08. The van der Waals surface area contributed by atoms with Gasteiger partial charge in [0.15, 0.2) is 0 Å². The average Bonchev–Trinajstić information content (AvgIpc) is 3.06. The molecule has 0 fully saturated rings. The van der Waals surface area contributed by atoms with E-state index in [9.17, 15) is 0 Å². The zero-order chi connectivity index (χ0) is 17.8. The first-order valence-electron chi connectivity index (χ1n) is 9.20. The van der Waals surface area contributed by atoms with Gasteiger partial charge in [-0.15, -0.1) is 0 Å². The number of oxazole rings is 1. The second-order valence-electron chi connectivity index (χ2n) is 6.56. The molecule has 2 heterocycles. The monoisotopic (exact) mass is 349 g/mol. The second-order valence-corrected chi connectivity index (χ2v) is 6.56. The predicted octanol–water partition coefficient (Wildman–Crippen LogP) is 4.99. The number of ether oxygens (including phenoxy) is 2. The highest BCUT2D eigenvalue weighted by Gasteiger charge is 2.12. The topological polar surface area (TPSA) is 44.5 Å². The van der Waals surface area contributed by atoms with Crippen LogP contribution in [0.5, 0.6) is 11.5 Å². The zero-order valence-electron chi connectivity index (χ0n) is 15.0. The van der Waals surface area contributed by atoms with Gasteiger partial charge in [-0.05, 0) is 56.4 Å². The van der Waals surface area contributed by atoms with Gasteiger partial charge in [0.05, 0.1) is 18.9 Å². The lowest BCUT2D eigenvalue weighted by molar-refractivity contribution is 0.279. The van der Waals surface area contributed by atoms with E-state index < -0.39 is 0 Å². The van der Waals surface area contributed by atoms with Crippen molar-refractivity contribution in [3.05, 3.63) is 65.5 Å². The van der Waals surface area contributed by atoms with Crippen LogP contribution in [0, 0.1) is 6.92 Å². The van der Waals surface area contributed by atoms with Crippen LogP contribution >= 0.6 is 0 Å². The van der Waals surface area contributed by atoms with Crippen molar-refractivity contribution in [2.24, 2.45) is 0 Å². The molecule has 134 valence electrons. The minimum absolute atomic E-state index is 0.645. The van der Waals surface area contributed by atoms with Crippen molar-refractivity contribution in [3.63, 3.8) is 0 Å². The third-order valence-electron chi connectivity index (χ3n) is 4.63. The zero-order valence-corrected chi connectivity index (χ0v) is 15.0. The van der Waals surface area contributed by atoms with Crippen molar-refractivity contribution in [2.45, 2.75) is 32.6 Å². The molecule has 1 aliphatic rings. The second kappa shape index (κ2) is 7.65. The summed E-state index contributed by atoms with van der Waals surface area (Å²) in [5, 5.41) is 0. The van der Waals surface area contributed by atoms with Gasteiger partial charge in [-0.25, -0.2) is 4.98 Å². The van der Waals surface area contributed by atoms with Crippen molar-refractivity contribution in [1.29, 1.82) is 0 Å². The van der Waals surface area contributed by atoms with Gasteiger partial charge < -0.3 is 13.9 Å². The number of nitrogens with zero attached hydrogens (tertiary/aromatic N) is 1.